The number of H-pyrrole nitrogens is 1. The zero-order chi connectivity index (χ0) is 13.7. The average Bonchev–Trinajstić information content (AvgIpc) is 3.00. The summed E-state index contributed by atoms with van der Waals surface area (Å²) in [5.74, 6) is 0.00704. The van der Waals surface area contributed by atoms with E-state index >= 15 is 0 Å². The highest BCUT2D eigenvalue weighted by Gasteiger charge is 2.30. The highest BCUT2D eigenvalue weighted by Crippen LogP contribution is 2.34. The molecule has 20 heavy (non-hydrogen) atoms. The molecule has 2 N–H and O–H groups in total. The predicted octanol–water partition coefficient (Wildman–Crippen LogP) is 3.31. The molecule has 1 aliphatic heterocycles. The zero-order valence-electron chi connectivity index (χ0n) is 11.1. The molecule has 3 aromatic rings. The Morgan fingerprint density at radius 1 is 1.05 bits per heavy atom. The Balaban J connectivity index is 1.93. The van der Waals surface area contributed by atoms with Gasteiger partial charge in [0.05, 0.1) is 6.04 Å². The molecule has 0 aliphatic carbocycles. The average molecular weight is 262 g/mol. The molecular weight excluding hydrogens is 248 g/mol. The van der Waals surface area contributed by atoms with Crippen LogP contribution in [-0.4, -0.2) is 10.9 Å². The molecule has 0 fully saturated rings. The van der Waals surface area contributed by atoms with Crippen LogP contribution in [0.2, 0.25) is 0 Å². The van der Waals surface area contributed by atoms with E-state index in [2.05, 4.69) is 35.4 Å². The molecule has 98 valence electrons. The van der Waals surface area contributed by atoms with E-state index in [9.17, 15) is 4.79 Å². The van der Waals surface area contributed by atoms with Gasteiger partial charge in [0.25, 0.3) is 5.91 Å². The number of aryl methyl sites for hydroxylation is 1. The highest BCUT2D eigenvalue weighted by molar-refractivity contribution is 6.00. The van der Waals surface area contributed by atoms with Gasteiger partial charge in [0.2, 0.25) is 0 Å². The fourth-order valence-electron chi connectivity index (χ4n) is 2.98. The Morgan fingerprint density at radius 2 is 1.90 bits per heavy atom. The first-order valence-corrected chi connectivity index (χ1v) is 6.71. The van der Waals surface area contributed by atoms with Gasteiger partial charge in [0.15, 0.2) is 0 Å². The third-order valence-electron chi connectivity index (χ3n) is 3.97. The topological polar surface area (TPSA) is 44.9 Å². The molecule has 4 rings (SSSR count). The maximum absolute atomic E-state index is 12.1. The summed E-state index contributed by atoms with van der Waals surface area (Å²) in [5.41, 5.74) is 5.28. The number of nitrogens with one attached hydrogen (secondary N) is 2. The molecular formula is C17H14N2O. The van der Waals surface area contributed by atoms with Crippen molar-refractivity contribution in [3.05, 3.63) is 70.9 Å². The summed E-state index contributed by atoms with van der Waals surface area (Å²) < 4.78 is 0. The van der Waals surface area contributed by atoms with Crippen LogP contribution in [0.1, 0.15) is 33.1 Å². The lowest BCUT2D eigenvalue weighted by molar-refractivity contribution is 0.0960. The van der Waals surface area contributed by atoms with E-state index < -0.39 is 0 Å². The molecule has 0 saturated heterocycles. The second kappa shape index (κ2) is 3.97. The maximum Gasteiger partial charge on any atom is 0.252 e. The number of carbonyl (C=O) groups excluding carboxylic acids is 1. The second-order valence-corrected chi connectivity index (χ2v) is 5.29. The predicted molar refractivity (Wildman–Crippen MR) is 78.8 cm³/mol. The number of rotatable bonds is 1. The molecule has 0 spiro atoms. The van der Waals surface area contributed by atoms with E-state index in [-0.39, 0.29) is 11.9 Å². The minimum absolute atomic E-state index is 0.00704. The van der Waals surface area contributed by atoms with E-state index in [0.717, 1.165) is 22.2 Å². The molecule has 0 radical (unpaired) electrons. The van der Waals surface area contributed by atoms with E-state index in [1.807, 2.05) is 30.5 Å². The van der Waals surface area contributed by atoms with E-state index in [0.29, 0.717) is 0 Å². The Labute approximate surface area is 116 Å². The fraction of sp³-hybridized carbons (Fsp3) is 0.118. The third kappa shape index (κ3) is 1.50. The monoisotopic (exact) mass is 262 g/mol. The van der Waals surface area contributed by atoms with Crippen LogP contribution in [0.5, 0.6) is 0 Å². The number of benzene rings is 2. The van der Waals surface area contributed by atoms with Gasteiger partial charge in [-0.25, -0.2) is 0 Å². The number of amides is 1. The van der Waals surface area contributed by atoms with Crippen LogP contribution in [0.25, 0.3) is 10.9 Å². The van der Waals surface area contributed by atoms with Crippen LogP contribution in [0, 0.1) is 6.92 Å². The van der Waals surface area contributed by atoms with Crippen LogP contribution >= 0.6 is 0 Å². The van der Waals surface area contributed by atoms with Crippen LogP contribution in [0.3, 0.4) is 0 Å². The van der Waals surface area contributed by atoms with E-state index in [1.54, 1.807) is 0 Å². The van der Waals surface area contributed by atoms with Crippen molar-refractivity contribution in [2.24, 2.45) is 0 Å². The standard InChI is InChI=1S/C17H14N2O/c1-10-6-7-15-13(8-10)14(9-18-15)16-11-4-2-3-5-12(11)17(20)19-16/h2-9,16,18H,1H3,(H,19,20). The van der Waals surface area contributed by atoms with E-state index in [4.69, 9.17) is 0 Å². The first kappa shape index (κ1) is 11.3. The Kier molecular flexibility index (Phi) is 2.24. The molecule has 2 aromatic carbocycles. The molecule has 1 atom stereocenters. The quantitative estimate of drug-likeness (QED) is 0.694. The summed E-state index contributed by atoms with van der Waals surface area (Å²) in [4.78, 5) is 15.3. The van der Waals surface area contributed by atoms with Crippen molar-refractivity contribution in [1.29, 1.82) is 0 Å². The van der Waals surface area contributed by atoms with Gasteiger partial charge in [-0.2, -0.15) is 0 Å². The fourth-order valence-corrected chi connectivity index (χ4v) is 2.98. The first-order valence-electron chi connectivity index (χ1n) is 6.71. The first-order chi connectivity index (χ1) is 9.74. The third-order valence-corrected chi connectivity index (χ3v) is 3.97. The number of fused-ring (bicyclic) bond motifs is 2. The van der Waals surface area contributed by atoms with Gasteiger partial charge < -0.3 is 10.3 Å². The Bertz CT molecular complexity index is 832. The Hall–Kier alpha value is -2.55. The lowest BCUT2D eigenvalue weighted by Gasteiger charge is -2.11. The van der Waals surface area contributed by atoms with Crippen molar-refractivity contribution in [2.75, 3.05) is 0 Å². The van der Waals surface area contributed by atoms with Gasteiger partial charge in [-0.1, -0.05) is 29.8 Å². The van der Waals surface area contributed by atoms with Crippen molar-refractivity contribution in [1.82, 2.24) is 10.3 Å². The molecule has 0 saturated carbocycles. The van der Waals surface area contributed by atoms with Crippen molar-refractivity contribution >= 4 is 16.8 Å². The van der Waals surface area contributed by atoms with Gasteiger partial charge in [0, 0.05) is 28.2 Å². The van der Waals surface area contributed by atoms with Gasteiger partial charge in [-0.15, -0.1) is 0 Å². The minimum Gasteiger partial charge on any atom is -0.361 e. The maximum atomic E-state index is 12.1. The second-order valence-electron chi connectivity index (χ2n) is 5.29. The normalized spacial score (nSPS) is 17.2. The molecule has 3 nitrogen and oxygen atoms in total. The lowest BCUT2D eigenvalue weighted by atomic mass is 9.97. The largest absolute Gasteiger partial charge is 0.361 e. The van der Waals surface area contributed by atoms with Gasteiger partial charge in [-0.3, -0.25) is 4.79 Å². The molecule has 1 amide bonds. The lowest BCUT2D eigenvalue weighted by Crippen LogP contribution is -2.19. The summed E-state index contributed by atoms with van der Waals surface area (Å²) in [5, 5.41) is 4.25. The van der Waals surface area contributed by atoms with Crippen molar-refractivity contribution in [3.8, 4) is 0 Å². The molecule has 1 unspecified atom stereocenters. The van der Waals surface area contributed by atoms with Gasteiger partial charge >= 0.3 is 0 Å². The summed E-state index contributed by atoms with van der Waals surface area (Å²) in [6.45, 7) is 2.08. The highest BCUT2D eigenvalue weighted by atomic mass is 16.2. The SMILES string of the molecule is Cc1ccc2[nH]cc(C3NC(=O)c4ccccc43)c2c1. The molecule has 1 aliphatic rings. The summed E-state index contributed by atoms with van der Waals surface area (Å²) in [6.07, 6.45) is 2.00. The molecule has 3 heteroatoms. The smallest absolute Gasteiger partial charge is 0.252 e. The van der Waals surface area contributed by atoms with Crippen molar-refractivity contribution < 1.29 is 4.79 Å². The Morgan fingerprint density at radius 3 is 2.80 bits per heavy atom. The molecule has 1 aromatic heterocycles. The summed E-state index contributed by atoms with van der Waals surface area (Å²) >= 11 is 0. The van der Waals surface area contributed by atoms with Crippen molar-refractivity contribution in [2.45, 2.75) is 13.0 Å². The summed E-state index contributed by atoms with van der Waals surface area (Å²) in [6, 6.07) is 14.0. The van der Waals surface area contributed by atoms with Crippen LogP contribution in [0.15, 0.2) is 48.7 Å². The van der Waals surface area contributed by atoms with Crippen LogP contribution in [-0.2, 0) is 0 Å². The molecule has 0 bridgehead atoms. The number of carbonyl (C=O) groups is 1. The number of hydrogen-bond donors (Lipinski definition) is 2. The number of aromatic amines is 1. The zero-order valence-corrected chi connectivity index (χ0v) is 11.1. The van der Waals surface area contributed by atoms with E-state index in [1.165, 1.54) is 10.9 Å². The van der Waals surface area contributed by atoms with Gasteiger partial charge in [-0.05, 0) is 30.7 Å². The number of aromatic nitrogens is 1. The summed E-state index contributed by atoms with van der Waals surface area (Å²) in [7, 11) is 0. The van der Waals surface area contributed by atoms with Crippen LogP contribution < -0.4 is 5.32 Å². The minimum atomic E-state index is -0.0609. The van der Waals surface area contributed by atoms with Gasteiger partial charge in [0.1, 0.15) is 0 Å². The van der Waals surface area contributed by atoms with Crippen LogP contribution in [0.4, 0.5) is 0 Å². The molecule has 2 heterocycles. The van der Waals surface area contributed by atoms with Crippen molar-refractivity contribution in [3.63, 3.8) is 0 Å². The number of hydrogen-bond acceptors (Lipinski definition) is 1.